The molecule has 1 amide bonds. The van der Waals surface area contributed by atoms with Crippen molar-refractivity contribution in [3.05, 3.63) is 52.3 Å². The summed E-state index contributed by atoms with van der Waals surface area (Å²) in [6.45, 7) is 2.88. The van der Waals surface area contributed by atoms with Crippen molar-refractivity contribution in [1.82, 2.24) is 15.1 Å². The number of hydrogen-bond donors (Lipinski definition) is 2. The van der Waals surface area contributed by atoms with E-state index in [1.165, 1.54) is 0 Å². The highest BCUT2D eigenvalue weighted by atomic mass is 35.5. The molecule has 0 spiro atoms. The van der Waals surface area contributed by atoms with E-state index in [1.807, 2.05) is 30.3 Å². The molecule has 23 heavy (non-hydrogen) atoms. The van der Waals surface area contributed by atoms with E-state index in [1.54, 1.807) is 11.6 Å². The van der Waals surface area contributed by atoms with Crippen LogP contribution in [0, 0.1) is 12.3 Å². The maximum Gasteiger partial charge on any atom is 0.256 e. The Kier molecular flexibility index (Phi) is 4.41. The number of hydrogen-bond acceptors (Lipinski definition) is 3. The Hall–Kier alpha value is -1.85. The van der Waals surface area contributed by atoms with Crippen molar-refractivity contribution in [3.8, 4) is 0 Å². The van der Waals surface area contributed by atoms with Gasteiger partial charge in [-0.25, -0.2) is 4.68 Å². The Labute approximate surface area is 140 Å². The zero-order valence-corrected chi connectivity index (χ0v) is 13.8. The van der Waals surface area contributed by atoms with Crippen LogP contribution in [0.15, 0.2) is 30.3 Å². The molecule has 1 saturated carbocycles. The van der Waals surface area contributed by atoms with E-state index in [-0.39, 0.29) is 17.9 Å². The van der Waals surface area contributed by atoms with Crippen molar-refractivity contribution in [3.63, 3.8) is 0 Å². The molecule has 122 valence electrons. The van der Waals surface area contributed by atoms with Gasteiger partial charge in [0.05, 0.1) is 24.4 Å². The number of aryl methyl sites for hydroxylation is 1. The molecular formula is C17H20ClN3O2. The van der Waals surface area contributed by atoms with E-state index >= 15 is 0 Å². The minimum Gasteiger partial charge on any atom is -0.396 e. The Bertz CT molecular complexity index is 708. The zero-order chi connectivity index (χ0) is 16.4. The van der Waals surface area contributed by atoms with Gasteiger partial charge in [0.25, 0.3) is 5.91 Å². The molecule has 1 aliphatic rings. The summed E-state index contributed by atoms with van der Waals surface area (Å²) in [5, 5.41) is 16.9. The SMILES string of the molecule is Cc1nn(Cc2ccccc2)c(Cl)c1C(=O)NCC1(CO)CC1. The van der Waals surface area contributed by atoms with Gasteiger partial charge in [-0.05, 0) is 25.3 Å². The second kappa shape index (κ2) is 6.34. The highest BCUT2D eigenvalue weighted by Gasteiger charge is 2.42. The zero-order valence-electron chi connectivity index (χ0n) is 13.1. The molecule has 0 saturated heterocycles. The van der Waals surface area contributed by atoms with Crippen LogP contribution >= 0.6 is 11.6 Å². The van der Waals surface area contributed by atoms with Gasteiger partial charge in [0.2, 0.25) is 0 Å². The average Bonchev–Trinajstić information content (AvgIpc) is 3.28. The van der Waals surface area contributed by atoms with Gasteiger partial charge in [-0.2, -0.15) is 5.10 Å². The number of benzene rings is 1. The second-order valence-corrected chi connectivity index (χ2v) is 6.59. The van der Waals surface area contributed by atoms with Gasteiger partial charge < -0.3 is 10.4 Å². The van der Waals surface area contributed by atoms with Crippen LogP contribution in [0.1, 0.15) is 34.5 Å². The van der Waals surface area contributed by atoms with Crippen molar-refractivity contribution in [1.29, 1.82) is 0 Å². The lowest BCUT2D eigenvalue weighted by atomic mass is 10.1. The van der Waals surface area contributed by atoms with Crippen molar-refractivity contribution < 1.29 is 9.90 Å². The molecule has 3 rings (SSSR count). The lowest BCUT2D eigenvalue weighted by Gasteiger charge is -2.12. The first-order valence-electron chi connectivity index (χ1n) is 7.70. The van der Waals surface area contributed by atoms with Crippen molar-refractivity contribution >= 4 is 17.5 Å². The molecule has 1 aromatic carbocycles. The van der Waals surface area contributed by atoms with Gasteiger partial charge in [-0.15, -0.1) is 0 Å². The predicted octanol–water partition coefficient (Wildman–Crippen LogP) is 2.40. The summed E-state index contributed by atoms with van der Waals surface area (Å²) in [5.74, 6) is -0.230. The van der Waals surface area contributed by atoms with Crippen molar-refractivity contribution in [2.24, 2.45) is 5.41 Å². The summed E-state index contributed by atoms with van der Waals surface area (Å²) < 4.78 is 1.64. The van der Waals surface area contributed by atoms with Crippen LogP contribution in [-0.2, 0) is 6.54 Å². The third kappa shape index (κ3) is 3.41. The standard InChI is InChI=1S/C17H20ClN3O2/c1-12-14(16(23)19-10-17(11-22)7-8-17)15(18)21(20-12)9-13-5-3-2-4-6-13/h2-6,22H,7-11H2,1H3,(H,19,23). The molecule has 0 radical (unpaired) electrons. The van der Waals surface area contributed by atoms with Crippen LogP contribution < -0.4 is 5.32 Å². The molecule has 2 aromatic rings. The van der Waals surface area contributed by atoms with Crippen LogP contribution in [0.3, 0.4) is 0 Å². The van der Waals surface area contributed by atoms with Gasteiger partial charge in [0.1, 0.15) is 5.15 Å². The fourth-order valence-electron chi connectivity index (χ4n) is 2.60. The summed E-state index contributed by atoms with van der Waals surface area (Å²) in [5.41, 5.74) is 1.96. The minimum absolute atomic E-state index is 0.104. The number of aliphatic hydroxyl groups is 1. The third-order valence-corrected chi connectivity index (χ3v) is 4.77. The summed E-state index contributed by atoms with van der Waals surface area (Å²) >= 11 is 6.36. The minimum atomic E-state index is -0.230. The van der Waals surface area contributed by atoms with Crippen LogP contribution in [-0.4, -0.2) is 33.9 Å². The van der Waals surface area contributed by atoms with Crippen LogP contribution in [0.5, 0.6) is 0 Å². The Morgan fingerprint density at radius 2 is 2.09 bits per heavy atom. The molecule has 5 nitrogen and oxygen atoms in total. The van der Waals surface area contributed by atoms with E-state index in [4.69, 9.17) is 11.6 Å². The van der Waals surface area contributed by atoms with E-state index in [0.717, 1.165) is 18.4 Å². The van der Waals surface area contributed by atoms with Crippen LogP contribution in [0.4, 0.5) is 0 Å². The second-order valence-electron chi connectivity index (χ2n) is 6.24. The molecule has 0 unspecified atom stereocenters. The van der Waals surface area contributed by atoms with Gasteiger partial charge in [0.15, 0.2) is 0 Å². The smallest absolute Gasteiger partial charge is 0.256 e. The number of nitrogens with one attached hydrogen (secondary N) is 1. The molecule has 1 aliphatic carbocycles. The molecule has 0 aliphatic heterocycles. The first kappa shape index (κ1) is 16.0. The quantitative estimate of drug-likeness (QED) is 0.853. The summed E-state index contributed by atoms with van der Waals surface area (Å²) in [4.78, 5) is 12.4. The summed E-state index contributed by atoms with van der Waals surface area (Å²) in [6, 6.07) is 9.85. The molecule has 6 heteroatoms. The number of carbonyl (C=O) groups excluding carboxylic acids is 1. The van der Waals surface area contributed by atoms with Crippen molar-refractivity contribution in [2.45, 2.75) is 26.3 Å². The molecular weight excluding hydrogens is 314 g/mol. The average molecular weight is 334 g/mol. The van der Waals surface area contributed by atoms with E-state index in [2.05, 4.69) is 10.4 Å². The highest BCUT2D eigenvalue weighted by molar-refractivity contribution is 6.33. The number of aromatic nitrogens is 2. The largest absolute Gasteiger partial charge is 0.396 e. The molecule has 1 fully saturated rings. The van der Waals surface area contributed by atoms with E-state index in [0.29, 0.717) is 29.5 Å². The maximum atomic E-state index is 12.4. The Morgan fingerprint density at radius 3 is 2.70 bits per heavy atom. The molecule has 1 aromatic heterocycles. The summed E-state index contributed by atoms with van der Waals surface area (Å²) in [6.07, 6.45) is 1.90. The number of nitrogens with zero attached hydrogens (tertiary/aromatic N) is 2. The summed E-state index contributed by atoms with van der Waals surface area (Å²) in [7, 11) is 0. The number of carbonyl (C=O) groups is 1. The fraction of sp³-hybridized carbons (Fsp3) is 0.412. The molecule has 1 heterocycles. The lowest BCUT2D eigenvalue weighted by molar-refractivity contribution is 0.0934. The highest BCUT2D eigenvalue weighted by Crippen LogP contribution is 2.44. The Morgan fingerprint density at radius 1 is 1.39 bits per heavy atom. The molecule has 0 bridgehead atoms. The lowest BCUT2D eigenvalue weighted by Crippen LogP contribution is -2.32. The van der Waals surface area contributed by atoms with Gasteiger partial charge in [-0.3, -0.25) is 4.79 Å². The number of aliphatic hydroxyl groups excluding tert-OH is 1. The molecule has 0 atom stereocenters. The normalized spacial score (nSPS) is 15.4. The predicted molar refractivity (Wildman–Crippen MR) is 88.6 cm³/mol. The number of halogens is 1. The number of rotatable bonds is 6. The number of amides is 1. The molecule has 2 N–H and O–H groups in total. The van der Waals surface area contributed by atoms with E-state index < -0.39 is 0 Å². The van der Waals surface area contributed by atoms with Crippen molar-refractivity contribution in [2.75, 3.05) is 13.2 Å². The van der Waals surface area contributed by atoms with Gasteiger partial charge in [0, 0.05) is 12.0 Å². The van der Waals surface area contributed by atoms with Crippen LogP contribution in [0.25, 0.3) is 0 Å². The third-order valence-electron chi connectivity index (χ3n) is 4.38. The van der Waals surface area contributed by atoms with E-state index in [9.17, 15) is 9.90 Å². The maximum absolute atomic E-state index is 12.4. The van der Waals surface area contributed by atoms with Gasteiger partial charge in [-0.1, -0.05) is 41.9 Å². The fourth-order valence-corrected chi connectivity index (χ4v) is 2.92. The first-order chi connectivity index (χ1) is 11.0. The Balaban J connectivity index is 1.73. The topological polar surface area (TPSA) is 67.2 Å². The van der Waals surface area contributed by atoms with Crippen LogP contribution in [0.2, 0.25) is 5.15 Å². The monoisotopic (exact) mass is 333 g/mol. The first-order valence-corrected chi connectivity index (χ1v) is 8.08. The van der Waals surface area contributed by atoms with Gasteiger partial charge >= 0.3 is 0 Å².